The molecule has 0 aromatic heterocycles. The average Bonchev–Trinajstić information content (AvgIpc) is 2.33. The molecule has 1 aliphatic heterocycles. The highest BCUT2D eigenvalue weighted by atomic mass is 16.5. The molecule has 0 aliphatic carbocycles. The molecule has 2 rings (SSSR count). The summed E-state index contributed by atoms with van der Waals surface area (Å²) in [6.07, 6.45) is 0. The third kappa shape index (κ3) is 2.36. The van der Waals surface area contributed by atoms with Gasteiger partial charge in [-0.25, -0.2) is 0 Å². The molecule has 0 radical (unpaired) electrons. The number of nitrogens with zero attached hydrogens (tertiary/aromatic N) is 1. The number of anilines is 1. The molecule has 0 fully saturated rings. The SMILES string of the molecule is CC(=O)c1ccc2c(c1)N(CC(N)=O)C(=O)C(C)(C)O2. The number of rotatable bonds is 3. The summed E-state index contributed by atoms with van der Waals surface area (Å²) in [5.74, 6) is -0.690. The Morgan fingerprint density at radius 2 is 2.00 bits per heavy atom. The van der Waals surface area contributed by atoms with Crippen LogP contribution in [0.25, 0.3) is 0 Å². The van der Waals surface area contributed by atoms with Crippen LogP contribution in [0.5, 0.6) is 5.75 Å². The number of Topliss-reactive ketones (excluding diaryl/α,β-unsaturated/α-hetero) is 1. The maximum atomic E-state index is 12.3. The molecule has 6 nitrogen and oxygen atoms in total. The lowest BCUT2D eigenvalue weighted by Gasteiger charge is -2.38. The van der Waals surface area contributed by atoms with Crippen LogP contribution in [0.3, 0.4) is 0 Å². The number of carbonyl (C=O) groups is 3. The molecule has 0 bridgehead atoms. The molecule has 0 saturated carbocycles. The topological polar surface area (TPSA) is 89.7 Å². The Hall–Kier alpha value is -2.37. The Morgan fingerprint density at radius 3 is 2.55 bits per heavy atom. The van der Waals surface area contributed by atoms with Gasteiger partial charge in [0.25, 0.3) is 5.91 Å². The van der Waals surface area contributed by atoms with Gasteiger partial charge >= 0.3 is 0 Å². The van der Waals surface area contributed by atoms with Gasteiger partial charge in [0.1, 0.15) is 12.3 Å². The highest BCUT2D eigenvalue weighted by molar-refractivity contribution is 6.06. The molecule has 0 atom stereocenters. The summed E-state index contributed by atoms with van der Waals surface area (Å²) in [5.41, 5.74) is 4.93. The minimum Gasteiger partial charge on any atom is -0.476 e. The summed E-state index contributed by atoms with van der Waals surface area (Å²) in [7, 11) is 0. The van der Waals surface area contributed by atoms with Gasteiger partial charge < -0.3 is 10.5 Å². The Kier molecular flexibility index (Phi) is 3.25. The van der Waals surface area contributed by atoms with Crippen molar-refractivity contribution in [3.8, 4) is 5.75 Å². The molecule has 2 amide bonds. The van der Waals surface area contributed by atoms with Crippen LogP contribution in [0, 0.1) is 0 Å². The molecule has 106 valence electrons. The monoisotopic (exact) mass is 276 g/mol. The number of ketones is 1. The van der Waals surface area contributed by atoms with E-state index < -0.39 is 11.5 Å². The number of hydrogen-bond acceptors (Lipinski definition) is 4. The minimum absolute atomic E-state index is 0.135. The van der Waals surface area contributed by atoms with Crippen molar-refractivity contribution in [2.45, 2.75) is 26.4 Å². The maximum absolute atomic E-state index is 12.3. The molecule has 1 aromatic rings. The summed E-state index contributed by atoms with van der Waals surface area (Å²) in [4.78, 5) is 36.2. The van der Waals surface area contributed by atoms with Crippen molar-refractivity contribution in [3.05, 3.63) is 23.8 Å². The Labute approximate surface area is 116 Å². The van der Waals surface area contributed by atoms with Crippen LogP contribution in [0.15, 0.2) is 18.2 Å². The molecule has 20 heavy (non-hydrogen) atoms. The van der Waals surface area contributed by atoms with Crippen molar-refractivity contribution >= 4 is 23.3 Å². The van der Waals surface area contributed by atoms with E-state index >= 15 is 0 Å². The van der Waals surface area contributed by atoms with Crippen molar-refractivity contribution in [1.82, 2.24) is 0 Å². The summed E-state index contributed by atoms with van der Waals surface area (Å²) < 4.78 is 5.62. The number of ether oxygens (including phenoxy) is 1. The number of carbonyl (C=O) groups excluding carboxylic acids is 3. The van der Waals surface area contributed by atoms with E-state index in [0.29, 0.717) is 17.0 Å². The summed E-state index contributed by atoms with van der Waals surface area (Å²) in [6.45, 7) is 4.41. The third-order valence-corrected chi connectivity index (χ3v) is 3.10. The summed E-state index contributed by atoms with van der Waals surface area (Å²) in [5, 5.41) is 0. The second-order valence-corrected chi connectivity index (χ2v) is 5.21. The molecule has 1 heterocycles. The van der Waals surface area contributed by atoms with Gasteiger partial charge in [0, 0.05) is 5.56 Å². The van der Waals surface area contributed by atoms with Gasteiger partial charge in [0.2, 0.25) is 5.91 Å². The number of nitrogens with two attached hydrogens (primary N) is 1. The largest absolute Gasteiger partial charge is 0.476 e. The molecular formula is C14H16N2O4. The average molecular weight is 276 g/mol. The number of benzene rings is 1. The zero-order valence-corrected chi connectivity index (χ0v) is 11.6. The van der Waals surface area contributed by atoms with Gasteiger partial charge in [-0.1, -0.05) is 0 Å². The predicted octanol–water partition coefficient (Wildman–Crippen LogP) is 0.878. The first-order chi connectivity index (χ1) is 9.22. The molecule has 0 spiro atoms. The maximum Gasteiger partial charge on any atom is 0.271 e. The molecule has 1 aliphatic rings. The van der Waals surface area contributed by atoms with Crippen LogP contribution in [-0.2, 0) is 9.59 Å². The lowest BCUT2D eigenvalue weighted by molar-refractivity contribution is -0.133. The van der Waals surface area contributed by atoms with E-state index in [9.17, 15) is 14.4 Å². The molecule has 0 saturated heterocycles. The highest BCUT2D eigenvalue weighted by Crippen LogP contribution is 2.38. The Balaban J connectivity index is 2.56. The van der Waals surface area contributed by atoms with Crippen molar-refractivity contribution in [2.24, 2.45) is 5.73 Å². The predicted molar refractivity (Wildman–Crippen MR) is 72.7 cm³/mol. The highest BCUT2D eigenvalue weighted by Gasteiger charge is 2.41. The fourth-order valence-corrected chi connectivity index (χ4v) is 2.10. The standard InChI is InChI=1S/C14H16N2O4/c1-8(17)9-4-5-11-10(6-9)16(7-12(15)18)13(19)14(2,3)20-11/h4-6H,7H2,1-3H3,(H2,15,18). The second-order valence-electron chi connectivity index (χ2n) is 5.21. The number of fused-ring (bicyclic) bond motifs is 1. The first-order valence-electron chi connectivity index (χ1n) is 6.16. The molecule has 6 heteroatoms. The van der Waals surface area contributed by atoms with Crippen LogP contribution >= 0.6 is 0 Å². The molecular weight excluding hydrogens is 260 g/mol. The van der Waals surface area contributed by atoms with Gasteiger partial charge in [0.15, 0.2) is 11.4 Å². The van der Waals surface area contributed by atoms with E-state index in [1.54, 1.807) is 26.0 Å². The van der Waals surface area contributed by atoms with Gasteiger partial charge in [0.05, 0.1) is 5.69 Å². The fourth-order valence-electron chi connectivity index (χ4n) is 2.10. The minimum atomic E-state index is -1.08. The zero-order valence-electron chi connectivity index (χ0n) is 11.6. The van der Waals surface area contributed by atoms with Crippen molar-refractivity contribution in [3.63, 3.8) is 0 Å². The van der Waals surface area contributed by atoms with E-state index in [1.165, 1.54) is 17.9 Å². The summed E-state index contributed by atoms with van der Waals surface area (Å²) >= 11 is 0. The van der Waals surface area contributed by atoms with Crippen LogP contribution < -0.4 is 15.4 Å². The number of primary amides is 1. The third-order valence-electron chi connectivity index (χ3n) is 3.10. The van der Waals surface area contributed by atoms with Gasteiger partial charge in [-0.2, -0.15) is 0 Å². The Bertz CT molecular complexity index is 607. The smallest absolute Gasteiger partial charge is 0.271 e. The van der Waals surface area contributed by atoms with Gasteiger partial charge in [-0.15, -0.1) is 0 Å². The first kappa shape index (κ1) is 14.0. The fraction of sp³-hybridized carbons (Fsp3) is 0.357. The second kappa shape index (κ2) is 4.63. The lowest BCUT2D eigenvalue weighted by Crippen LogP contribution is -2.54. The molecule has 2 N–H and O–H groups in total. The summed E-state index contributed by atoms with van der Waals surface area (Å²) in [6, 6.07) is 4.78. The van der Waals surface area contributed by atoms with Crippen molar-refractivity contribution in [1.29, 1.82) is 0 Å². The van der Waals surface area contributed by atoms with Crippen LogP contribution in [0.1, 0.15) is 31.1 Å². The van der Waals surface area contributed by atoms with Crippen molar-refractivity contribution < 1.29 is 19.1 Å². The molecule has 0 unspecified atom stereocenters. The van der Waals surface area contributed by atoms with Crippen LogP contribution in [-0.4, -0.2) is 29.7 Å². The van der Waals surface area contributed by atoms with Crippen LogP contribution in [0.4, 0.5) is 5.69 Å². The van der Waals surface area contributed by atoms with E-state index in [-0.39, 0.29) is 18.2 Å². The van der Waals surface area contributed by atoms with Crippen molar-refractivity contribution in [2.75, 3.05) is 11.4 Å². The van der Waals surface area contributed by atoms with E-state index in [4.69, 9.17) is 10.5 Å². The van der Waals surface area contributed by atoms with E-state index in [0.717, 1.165) is 0 Å². The zero-order chi connectivity index (χ0) is 15.1. The van der Waals surface area contributed by atoms with Crippen LogP contribution in [0.2, 0.25) is 0 Å². The van der Waals surface area contributed by atoms with Gasteiger partial charge in [-0.3, -0.25) is 19.3 Å². The normalized spacial score (nSPS) is 16.4. The first-order valence-corrected chi connectivity index (χ1v) is 6.16. The molecule has 1 aromatic carbocycles. The number of hydrogen-bond donors (Lipinski definition) is 1. The lowest BCUT2D eigenvalue weighted by atomic mass is 10.0. The Morgan fingerprint density at radius 1 is 1.35 bits per heavy atom. The van der Waals surface area contributed by atoms with Gasteiger partial charge in [-0.05, 0) is 39.0 Å². The van der Waals surface area contributed by atoms with E-state index in [2.05, 4.69) is 0 Å². The quantitative estimate of drug-likeness (QED) is 0.830. The van der Waals surface area contributed by atoms with E-state index in [1.807, 2.05) is 0 Å². The number of amides is 2.